The summed E-state index contributed by atoms with van der Waals surface area (Å²) in [5.74, 6) is -0.376. The summed E-state index contributed by atoms with van der Waals surface area (Å²) < 4.78 is 1.28. The summed E-state index contributed by atoms with van der Waals surface area (Å²) in [5.41, 5.74) is -0.345. The minimum absolute atomic E-state index is 0.0519. The van der Waals surface area contributed by atoms with Gasteiger partial charge in [0.2, 0.25) is 10.1 Å². The van der Waals surface area contributed by atoms with E-state index in [9.17, 15) is 9.59 Å². The van der Waals surface area contributed by atoms with Crippen molar-refractivity contribution in [1.82, 2.24) is 29.7 Å². The van der Waals surface area contributed by atoms with Gasteiger partial charge < -0.3 is 15.1 Å². The Hall–Kier alpha value is -2.04. The number of hydrogen-bond donors (Lipinski definition) is 1. The zero-order valence-electron chi connectivity index (χ0n) is 17.7. The van der Waals surface area contributed by atoms with Gasteiger partial charge in [-0.25, -0.2) is 4.98 Å². The Labute approximate surface area is 180 Å². The Kier molecular flexibility index (Phi) is 6.96. The smallest absolute Gasteiger partial charge is 0.288 e. The minimum Gasteiger partial charge on any atom is -0.351 e. The lowest BCUT2D eigenvalue weighted by Crippen LogP contribution is -2.48. The fourth-order valence-corrected chi connectivity index (χ4v) is 4.99. The van der Waals surface area contributed by atoms with Gasteiger partial charge in [0.05, 0.1) is 0 Å². The van der Waals surface area contributed by atoms with Gasteiger partial charge in [0.25, 0.3) is 11.5 Å². The molecular weight excluding hydrogens is 402 g/mol. The average molecular weight is 434 g/mol. The lowest BCUT2D eigenvalue weighted by Gasteiger charge is -2.33. The molecule has 2 fully saturated rings. The largest absolute Gasteiger partial charge is 0.351 e. The number of carbonyl (C=O) groups is 1. The summed E-state index contributed by atoms with van der Waals surface area (Å²) in [7, 11) is 0. The minimum atomic E-state index is -0.397. The van der Waals surface area contributed by atoms with Crippen molar-refractivity contribution in [3.8, 4) is 0 Å². The SMILES string of the molecule is CCN1CCN(CCNC(=O)c2cnc3sc(N4CCCCCC4)nn3c2=O)CC1. The van der Waals surface area contributed by atoms with Crippen molar-refractivity contribution in [3.63, 3.8) is 0 Å². The number of nitrogens with zero attached hydrogens (tertiary/aromatic N) is 6. The highest BCUT2D eigenvalue weighted by molar-refractivity contribution is 7.20. The van der Waals surface area contributed by atoms with E-state index < -0.39 is 5.56 Å². The van der Waals surface area contributed by atoms with Crippen molar-refractivity contribution in [1.29, 1.82) is 0 Å². The van der Waals surface area contributed by atoms with E-state index in [1.54, 1.807) is 0 Å². The van der Waals surface area contributed by atoms with Crippen LogP contribution in [0.15, 0.2) is 11.0 Å². The molecule has 0 spiro atoms. The van der Waals surface area contributed by atoms with E-state index in [0.717, 1.165) is 70.3 Å². The van der Waals surface area contributed by atoms with E-state index in [0.29, 0.717) is 11.5 Å². The number of hydrogen-bond acceptors (Lipinski definition) is 8. The molecule has 2 saturated heterocycles. The predicted molar refractivity (Wildman–Crippen MR) is 119 cm³/mol. The highest BCUT2D eigenvalue weighted by Crippen LogP contribution is 2.24. The number of carbonyl (C=O) groups excluding carboxylic acids is 1. The molecule has 10 heteroatoms. The number of amides is 1. The molecule has 164 valence electrons. The van der Waals surface area contributed by atoms with Crippen molar-refractivity contribution in [2.45, 2.75) is 32.6 Å². The summed E-state index contributed by atoms with van der Waals surface area (Å²) in [5, 5.41) is 8.17. The molecule has 0 radical (unpaired) electrons. The van der Waals surface area contributed by atoms with Crippen LogP contribution in [0, 0.1) is 0 Å². The molecule has 30 heavy (non-hydrogen) atoms. The van der Waals surface area contributed by atoms with Crippen LogP contribution in [0.25, 0.3) is 4.96 Å². The van der Waals surface area contributed by atoms with Gasteiger partial charge in [-0.3, -0.25) is 14.5 Å². The van der Waals surface area contributed by atoms with Gasteiger partial charge in [0.15, 0.2) is 0 Å². The summed E-state index contributed by atoms with van der Waals surface area (Å²) in [6, 6.07) is 0. The molecule has 0 bridgehead atoms. The zero-order chi connectivity index (χ0) is 20.9. The first-order valence-electron chi connectivity index (χ1n) is 11.0. The molecule has 0 atom stereocenters. The number of rotatable bonds is 6. The maximum atomic E-state index is 12.8. The summed E-state index contributed by atoms with van der Waals surface area (Å²) in [6.45, 7) is 10.6. The molecule has 2 aliphatic rings. The van der Waals surface area contributed by atoms with Gasteiger partial charge >= 0.3 is 0 Å². The maximum absolute atomic E-state index is 12.8. The molecule has 9 nitrogen and oxygen atoms in total. The van der Waals surface area contributed by atoms with Gasteiger partial charge in [-0.15, -0.1) is 5.10 Å². The van der Waals surface area contributed by atoms with Crippen LogP contribution in [0.1, 0.15) is 43.0 Å². The van der Waals surface area contributed by atoms with E-state index in [-0.39, 0.29) is 11.5 Å². The summed E-state index contributed by atoms with van der Waals surface area (Å²) in [4.78, 5) is 37.3. The van der Waals surface area contributed by atoms with Crippen LogP contribution in [0.2, 0.25) is 0 Å². The van der Waals surface area contributed by atoms with Crippen LogP contribution >= 0.6 is 11.3 Å². The van der Waals surface area contributed by atoms with E-state index in [1.165, 1.54) is 34.9 Å². The highest BCUT2D eigenvalue weighted by atomic mass is 32.1. The first-order valence-corrected chi connectivity index (χ1v) is 11.8. The zero-order valence-corrected chi connectivity index (χ0v) is 18.5. The van der Waals surface area contributed by atoms with Crippen LogP contribution in [-0.4, -0.2) is 89.2 Å². The molecule has 1 N–H and O–H groups in total. The molecular formula is C20H31N7O2S. The van der Waals surface area contributed by atoms with Crippen molar-refractivity contribution >= 4 is 27.3 Å². The van der Waals surface area contributed by atoms with Crippen molar-refractivity contribution in [2.75, 3.05) is 63.8 Å². The number of aromatic nitrogens is 3. The Morgan fingerprint density at radius 3 is 2.47 bits per heavy atom. The fraction of sp³-hybridized carbons (Fsp3) is 0.700. The van der Waals surface area contributed by atoms with Crippen molar-refractivity contribution < 1.29 is 4.79 Å². The molecule has 2 aromatic rings. The second-order valence-electron chi connectivity index (χ2n) is 7.99. The lowest BCUT2D eigenvalue weighted by molar-refractivity contribution is 0.0935. The number of piperazine rings is 1. The Bertz CT molecular complexity index is 912. The Morgan fingerprint density at radius 2 is 1.77 bits per heavy atom. The molecule has 0 saturated carbocycles. The third-order valence-corrected chi connectivity index (χ3v) is 7.01. The van der Waals surface area contributed by atoms with Gasteiger partial charge in [-0.05, 0) is 19.4 Å². The first-order chi connectivity index (χ1) is 14.7. The van der Waals surface area contributed by atoms with Gasteiger partial charge in [-0.1, -0.05) is 31.1 Å². The average Bonchev–Trinajstić information content (AvgIpc) is 3.02. The molecule has 4 heterocycles. The van der Waals surface area contributed by atoms with E-state index in [2.05, 4.69) is 37.0 Å². The molecule has 0 unspecified atom stereocenters. The highest BCUT2D eigenvalue weighted by Gasteiger charge is 2.20. The van der Waals surface area contributed by atoms with Gasteiger partial charge in [-0.2, -0.15) is 4.52 Å². The number of anilines is 1. The summed E-state index contributed by atoms with van der Waals surface area (Å²) >= 11 is 1.41. The second kappa shape index (κ2) is 9.84. The summed E-state index contributed by atoms with van der Waals surface area (Å²) in [6.07, 6.45) is 6.13. The number of likely N-dealkylation sites (N-methyl/N-ethyl adjacent to an activating group) is 1. The van der Waals surface area contributed by atoms with E-state index >= 15 is 0 Å². The van der Waals surface area contributed by atoms with Crippen LogP contribution in [0.3, 0.4) is 0 Å². The molecule has 4 rings (SSSR count). The monoisotopic (exact) mass is 433 g/mol. The third kappa shape index (κ3) is 4.81. The van der Waals surface area contributed by atoms with E-state index in [1.807, 2.05) is 0 Å². The molecule has 0 aromatic carbocycles. The van der Waals surface area contributed by atoms with Crippen LogP contribution in [0.4, 0.5) is 5.13 Å². The molecule has 2 aliphatic heterocycles. The quantitative estimate of drug-likeness (QED) is 0.724. The molecule has 1 amide bonds. The second-order valence-corrected chi connectivity index (χ2v) is 8.92. The van der Waals surface area contributed by atoms with Crippen molar-refractivity contribution in [2.24, 2.45) is 0 Å². The van der Waals surface area contributed by atoms with Gasteiger partial charge in [0, 0.05) is 58.6 Å². The lowest BCUT2D eigenvalue weighted by atomic mass is 10.2. The number of nitrogens with one attached hydrogen (secondary N) is 1. The molecule has 0 aliphatic carbocycles. The Balaban J connectivity index is 1.38. The fourth-order valence-electron chi connectivity index (χ4n) is 4.07. The van der Waals surface area contributed by atoms with Crippen LogP contribution in [-0.2, 0) is 0 Å². The molecule has 2 aromatic heterocycles. The van der Waals surface area contributed by atoms with Crippen LogP contribution in [0.5, 0.6) is 0 Å². The van der Waals surface area contributed by atoms with E-state index in [4.69, 9.17) is 0 Å². The Morgan fingerprint density at radius 1 is 1.07 bits per heavy atom. The van der Waals surface area contributed by atoms with Crippen molar-refractivity contribution in [3.05, 3.63) is 22.1 Å². The first kappa shape index (κ1) is 21.2. The standard InChI is InChI=1S/C20H31N7O2S/c1-2-24-11-13-25(14-12-24)10-7-21-17(28)16-15-22-19-27(18(16)29)23-20(30-19)26-8-5-3-4-6-9-26/h15H,2-14H2,1H3,(H,21,28). The topological polar surface area (TPSA) is 86.1 Å². The normalized spacial score (nSPS) is 19.2. The van der Waals surface area contributed by atoms with Crippen LogP contribution < -0.4 is 15.8 Å². The third-order valence-electron chi connectivity index (χ3n) is 6.02. The predicted octanol–water partition coefficient (Wildman–Crippen LogP) is 0.899. The van der Waals surface area contributed by atoms with Gasteiger partial charge in [0.1, 0.15) is 5.56 Å². The number of fused-ring (bicyclic) bond motifs is 1. The maximum Gasteiger partial charge on any atom is 0.288 e.